The molecule has 0 aromatic heterocycles. The lowest BCUT2D eigenvalue weighted by Gasteiger charge is -2.15. The third-order valence-electron chi connectivity index (χ3n) is 4.15. The first-order chi connectivity index (χ1) is 14.5. The van der Waals surface area contributed by atoms with Crippen LogP contribution in [0.2, 0.25) is 0 Å². The van der Waals surface area contributed by atoms with E-state index in [9.17, 15) is 9.59 Å². The number of unbranched alkanes of at least 4 members (excludes halogenated alkanes) is 2. The third kappa shape index (κ3) is 18.8. The second kappa shape index (κ2) is 21.0. The van der Waals surface area contributed by atoms with Gasteiger partial charge in [-0.2, -0.15) is 0 Å². The molecule has 0 spiro atoms. The van der Waals surface area contributed by atoms with E-state index >= 15 is 0 Å². The molecule has 0 radical (unpaired) electrons. The van der Waals surface area contributed by atoms with Crippen LogP contribution < -0.4 is 0 Å². The molecule has 0 saturated heterocycles. The minimum atomic E-state index is -0.984. The lowest BCUT2D eigenvalue weighted by Crippen LogP contribution is -2.28. The van der Waals surface area contributed by atoms with Crippen LogP contribution in [0.3, 0.4) is 0 Å². The molecule has 178 valence electrons. The molecule has 0 aliphatic rings. The number of hydrogen-bond acceptors (Lipinski definition) is 8. The molecule has 0 aromatic rings. The second-order valence-electron chi connectivity index (χ2n) is 7.17. The molecule has 0 aliphatic carbocycles. The highest BCUT2D eigenvalue weighted by Crippen LogP contribution is 2.03. The number of ether oxygens (including phenoxy) is 6. The maximum absolute atomic E-state index is 11.8. The fourth-order valence-corrected chi connectivity index (χ4v) is 2.21. The maximum atomic E-state index is 11.8. The van der Waals surface area contributed by atoms with E-state index in [1.54, 1.807) is 13.8 Å². The van der Waals surface area contributed by atoms with Crippen molar-refractivity contribution >= 4 is 11.9 Å². The molecular weight excluding hydrogens is 392 g/mol. The predicted octanol–water partition coefficient (Wildman–Crippen LogP) is 3.30. The van der Waals surface area contributed by atoms with Gasteiger partial charge < -0.3 is 28.4 Å². The van der Waals surface area contributed by atoms with Gasteiger partial charge >= 0.3 is 11.9 Å². The normalized spacial score (nSPS) is 13.1. The van der Waals surface area contributed by atoms with Crippen LogP contribution in [0.25, 0.3) is 0 Å². The molecule has 2 atom stereocenters. The first-order valence-corrected chi connectivity index (χ1v) is 11.2. The lowest BCUT2D eigenvalue weighted by molar-refractivity contribution is -0.174. The average Bonchev–Trinajstić information content (AvgIpc) is 2.71. The summed E-state index contributed by atoms with van der Waals surface area (Å²) >= 11 is 0. The van der Waals surface area contributed by atoms with E-state index < -0.39 is 24.1 Å². The van der Waals surface area contributed by atoms with Gasteiger partial charge in [0.05, 0.1) is 39.6 Å². The molecule has 0 aliphatic heterocycles. The Labute approximate surface area is 181 Å². The van der Waals surface area contributed by atoms with Gasteiger partial charge in [0, 0.05) is 26.1 Å². The molecule has 0 fully saturated rings. The summed E-state index contributed by atoms with van der Waals surface area (Å²) in [6, 6.07) is 0. The molecule has 8 nitrogen and oxygen atoms in total. The molecular formula is C22H42O8. The highest BCUT2D eigenvalue weighted by molar-refractivity contribution is 6.29. The Morgan fingerprint density at radius 2 is 0.900 bits per heavy atom. The van der Waals surface area contributed by atoms with Crippen molar-refractivity contribution in [1.82, 2.24) is 0 Å². The van der Waals surface area contributed by atoms with Gasteiger partial charge in [-0.05, 0) is 26.7 Å². The summed E-state index contributed by atoms with van der Waals surface area (Å²) in [5.41, 5.74) is 0. The minimum absolute atomic E-state index is 0.427. The quantitative estimate of drug-likeness (QED) is 0.164. The van der Waals surface area contributed by atoms with E-state index in [2.05, 4.69) is 13.8 Å². The van der Waals surface area contributed by atoms with Gasteiger partial charge in [-0.25, -0.2) is 9.59 Å². The largest absolute Gasteiger partial charge is 0.454 e. The van der Waals surface area contributed by atoms with Crippen LogP contribution >= 0.6 is 0 Å². The number of esters is 2. The summed E-state index contributed by atoms with van der Waals surface area (Å²) in [6.07, 6.45) is 4.43. The first kappa shape index (κ1) is 28.8. The van der Waals surface area contributed by atoms with Gasteiger partial charge in [-0.1, -0.05) is 26.7 Å². The molecule has 0 rings (SSSR count). The second-order valence-corrected chi connectivity index (χ2v) is 7.17. The highest BCUT2D eigenvalue weighted by Gasteiger charge is 2.22. The number of rotatable bonds is 20. The molecule has 30 heavy (non-hydrogen) atoms. The van der Waals surface area contributed by atoms with Crippen LogP contribution in [0.5, 0.6) is 0 Å². The Bertz CT molecular complexity index is 378. The van der Waals surface area contributed by atoms with Gasteiger partial charge in [-0.15, -0.1) is 0 Å². The van der Waals surface area contributed by atoms with E-state index in [0.29, 0.717) is 52.5 Å². The summed E-state index contributed by atoms with van der Waals surface area (Å²) in [5.74, 6) is -1.97. The van der Waals surface area contributed by atoms with Crippen molar-refractivity contribution in [2.75, 3.05) is 52.9 Å². The van der Waals surface area contributed by atoms with Crippen LogP contribution in [0.1, 0.15) is 66.2 Å². The average molecular weight is 435 g/mol. The van der Waals surface area contributed by atoms with E-state index in [4.69, 9.17) is 28.4 Å². The SMILES string of the molecule is CCCCOCCOCCC(C)OC(=O)C(=O)OC(C)CCOCCOCCCC. The number of carbonyl (C=O) groups is 2. The van der Waals surface area contributed by atoms with E-state index in [1.165, 1.54) is 0 Å². The zero-order valence-electron chi connectivity index (χ0n) is 19.3. The van der Waals surface area contributed by atoms with Crippen molar-refractivity contribution in [2.24, 2.45) is 0 Å². The summed E-state index contributed by atoms with van der Waals surface area (Å²) in [4.78, 5) is 23.6. The molecule has 8 heteroatoms. The fraction of sp³-hybridized carbons (Fsp3) is 0.909. The minimum Gasteiger partial charge on any atom is -0.454 e. The van der Waals surface area contributed by atoms with E-state index in [-0.39, 0.29) is 0 Å². The molecule has 0 bridgehead atoms. The van der Waals surface area contributed by atoms with Crippen LogP contribution in [0, 0.1) is 0 Å². The summed E-state index contributed by atoms with van der Waals surface area (Å²) in [7, 11) is 0. The lowest BCUT2D eigenvalue weighted by atomic mass is 10.3. The number of hydrogen-bond donors (Lipinski definition) is 0. The molecule has 0 amide bonds. The highest BCUT2D eigenvalue weighted by atomic mass is 16.6. The van der Waals surface area contributed by atoms with Crippen LogP contribution in [0.4, 0.5) is 0 Å². The Morgan fingerprint density at radius 1 is 0.567 bits per heavy atom. The van der Waals surface area contributed by atoms with Crippen LogP contribution in [-0.2, 0) is 38.0 Å². The Hall–Kier alpha value is -1.22. The van der Waals surface area contributed by atoms with Gasteiger partial charge in [-0.3, -0.25) is 0 Å². The summed E-state index contributed by atoms with van der Waals surface area (Å²) in [6.45, 7) is 12.1. The zero-order chi connectivity index (χ0) is 22.5. The van der Waals surface area contributed by atoms with Crippen molar-refractivity contribution in [2.45, 2.75) is 78.4 Å². The van der Waals surface area contributed by atoms with Crippen molar-refractivity contribution < 1.29 is 38.0 Å². The van der Waals surface area contributed by atoms with Crippen LogP contribution in [-0.4, -0.2) is 77.0 Å². The maximum Gasteiger partial charge on any atom is 0.417 e. The number of carbonyl (C=O) groups excluding carboxylic acids is 2. The molecule has 0 heterocycles. The van der Waals surface area contributed by atoms with Gasteiger partial charge in [0.15, 0.2) is 0 Å². The van der Waals surface area contributed by atoms with Gasteiger partial charge in [0.2, 0.25) is 0 Å². The van der Waals surface area contributed by atoms with Crippen molar-refractivity contribution in [3.63, 3.8) is 0 Å². The van der Waals surface area contributed by atoms with Crippen molar-refractivity contribution in [3.8, 4) is 0 Å². The summed E-state index contributed by atoms with van der Waals surface area (Å²) in [5, 5.41) is 0. The third-order valence-corrected chi connectivity index (χ3v) is 4.15. The zero-order valence-corrected chi connectivity index (χ0v) is 19.3. The standard InChI is InChI=1S/C22H42O8/c1-5-7-11-25-15-17-27-13-9-19(3)29-21(23)22(24)30-20(4)10-14-28-18-16-26-12-8-6-2/h19-20H,5-18H2,1-4H3. The Balaban J connectivity index is 3.67. The summed E-state index contributed by atoms with van der Waals surface area (Å²) < 4.78 is 31.8. The van der Waals surface area contributed by atoms with Crippen molar-refractivity contribution in [1.29, 1.82) is 0 Å². The predicted molar refractivity (Wildman–Crippen MR) is 113 cm³/mol. The molecule has 0 N–H and O–H groups in total. The van der Waals surface area contributed by atoms with Gasteiger partial charge in [0.25, 0.3) is 0 Å². The van der Waals surface area contributed by atoms with Crippen LogP contribution in [0.15, 0.2) is 0 Å². The van der Waals surface area contributed by atoms with E-state index in [0.717, 1.165) is 38.9 Å². The van der Waals surface area contributed by atoms with Crippen molar-refractivity contribution in [3.05, 3.63) is 0 Å². The molecule has 2 unspecified atom stereocenters. The molecule has 0 saturated carbocycles. The monoisotopic (exact) mass is 434 g/mol. The Morgan fingerprint density at radius 3 is 1.23 bits per heavy atom. The smallest absolute Gasteiger partial charge is 0.417 e. The van der Waals surface area contributed by atoms with E-state index in [1.807, 2.05) is 0 Å². The fourth-order valence-electron chi connectivity index (χ4n) is 2.21. The topological polar surface area (TPSA) is 89.5 Å². The van der Waals surface area contributed by atoms with Gasteiger partial charge in [0.1, 0.15) is 12.2 Å². The molecule has 0 aromatic carbocycles. The first-order valence-electron chi connectivity index (χ1n) is 11.2. The Kier molecular flexibility index (Phi) is 20.2.